The van der Waals surface area contributed by atoms with Gasteiger partial charge in [0.1, 0.15) is 6.42 Å². The third kappa shape index (κ3) is 20.6. The molecule has 0 atom stereocenters. The van der Waals surface area contributed by atoms with Gasteiger partial charge in [-0.25, -0.2) is 0 Å². The van der Waals surface area contributed by atoms with E-state index in [2.05, 4.69) is 13.2 Å². The van der Waals surface area contributed by atoms with Gasteiger partial charge in [-0.2, -0.15) is 0 Å². The average Bonchev–Trinajstić information content (AvgIpc) is 2.65. The topological polar surface area (TPSA) is 52.6 Å². The summed E-state index contributed by atoms with van der Waals surface area (Å²) >= 11 is 0. The normalized spacial score (nSPS) is 10.4. The highest BCUT2D eigenvalue weighted by Gasteiger charge is 2.11. The summed E-state index contributed by atoms with van der Waals surface area (Å²) in [5.41, 5.74) is 0. The number of rotatable bonds is 20. The van der Waals surface area contributed by atoms with E-state index in [4.69, 9.17) is 9.47 Å². The SMILES string of the molecule is C=CCCCCCCCCOC(=O)CC(=O)OCCCCCCCCC=C. The molecule has 0 unspecified atom stereocenters. The van der Waals surface area contributed by atoms with Crippen molar-refractivity contribution < 1.29 is 19.1 Å². The molecule has 0 bridgehead atoms. The number of carbonyl (C=O) groups is 2. The highest BCUT2D eigenvalue weighted by Crippen LogP contribution is 2.09. The van der Waals surface area contributed by atoms with Crippen molar-refractivity contribution in [1.82, 2.24) is 0 Å². The lowest BCUT2D eigenvalue weighted by Crippen LogP contribution is -2.15. The van der Waals surface area contributed by atoms with Crippen LogP contribution in [0.3, 0.4) is 0 Å². The Bertz CT molecular complexity index is 354. The third-order valence-corrected chi connectivity index (χ3v) is 4.42. The predicted octanol–water partition coefficient (Wildman–Crippen LogP) is 6.30. The summed E-state index contributed by atoms with van der Waals surface area (Å²) in [6.45, 7) is 8.21. The van der Waals surface area contributed by atoms with Crippen LogP contribution in [-0.4, -0.2) is 25.2 Å². The van der Waals surface area contributed by atoms with Gasteiger partial charge in [-0.1, -0.05) is 63.5 Å². The second-order valence-corrected chi connectivity index (χ2v) is 7.02. The summed E-state index contributed by atoms with van der Waals surface area (Å²) in [6, 6.07) is 0. The lowest BCUT2D eigenvalue weighted by atomic mass is 10.1. The molecule has 0 rings (SSSR count). The maximum atomic E-state index is 11.6. The number of hydrogen-bond donors (Lipinski definition) is 0. The minimum absolute atomic E-state index is 0.275. The molecule has 0 heterocycles. The van der Waals surface area contributed by atoms with Gasteiger partial charge in [0, 0.05) is 0 Å². The Labute approximate surface area is 166 Å². The number of ether oxygens (including phenoxy) is 2. The lowest BCUT2D eigenvalue weighted by molar-refractivity contribution is -0.154. The molecule has 4 heteroatoms. The fourth-order valence-electron chi connectivity index (χ4n) is 2.79. The molecule has 0 fully saturated rings. The molecule has 0 saturated heterocycles. The van der Waals surface area contributed by atoms with Gasteiger partial charge >= 0.3 is 11.9 Å². The van der Waals surface area contributed by atoms with Crippen molar-refractivity contribution in [3.8, 4) is 0 Å². The Kier molecular flexibility index (Phi) is 19.5. The van der Waals surface area contributed by atoms with Crippen molar-refractivity contribution in [2.75, 3.05) is 13.2 Å². The number of carbonyl (C=O) groups excluding carboxylic acids is 2. The zero-order valence-corrected chi connectivity index (χ0v) is 17.2. The first-order valence-electron chi connectivity index (χ1n) is 10.7. The van der Waals surface area contributed by atoms with Gasteiger partial charge in [0.25, 0.3) is 0 Å². The van der Waals surface area contributed by atoms with Gasteiger partial charge in [0.2, 0.25) is 0 Å². The summed E-state index contributed by atoms with van der Waals surface area (Å²) in [5, 5.41) is 0. The molecular formula is C23H40O4. The molecule has 0 N–H and O–H groups in total. The number of allylic oxidation sites excluding steroid dienone is 2. The first-order chi connectivity index (χ1) is 13.2. The van der Waals surface area contributed by atoms with Gasteiger partial charge in [0.15, 0.2) is 0 Å². The van der Waals surface area contributed by atoms with E-state index in [9.17, 15) is 9.59 Å². The first kappa shape index (κ1) is 25.4. The Morgan fingerprint density at radius 3 is 1.26 bits per heavy atom. The van der Waals surface area contributed by atoms with Crippen LogP contribution in [-0.2, 0) is 19.1 Å². The van der Waals surface area contributed by atoms with Crippen molar-refractivity contribution >= 4 is 11.9 Å². The van der Waals surface area contributed by atoms with Crippen LogP contribution >= 0.6 is 0 Å². The molecule has 0 aliphatic carbocycles. The van der Waals surface area contributed by atoms with E-state index >= 15 is 0 Å². The van der Waals surface area contributed by atoms with Crippen LogP contribution in [0.25, 0.3) is 0 Å². The smallest absolute Gasteiger partial charge is 0.317 e. The van der Waals surface area contributed by atoms with Crippen LogP contribution < -0.4 is 0 Å². The van der Waals surface area contributed by atoms with Crippen molar-refractivity contribution in [2.45, 2.75) is 96.3 Å². The summed E-state index contributed by atoms with van der Waals surface area (Å²) in [5.74, 6) is -0.957. The van der Waals surface area contributed by atoms with Crippen molar-refractivity contribution in [1.29, 1.82) is 0 Å². The molecule has 0 radical (unpaired) electrons. The molecule has 27 heavy (non-hydrogen) atoms. The summed E-state index contributed by atoms with van der Waals surface area (Å²) in [7, 11) is 0. The zero-order valence-electron chi connectivity index (χ0n) is 17.2. The molecule has 0 aliphatic rings. The standard InChI is InChI=1S/C23H40O4/c1-3-5-7-9-11-13-15-17-19-26-22(24)21-23(25)27-20-18-16-14-12-10-8-6-4-2/h3-4H,1-2,5-21H2. The van der Waals surface area contributed by atoms with Gasteiger partial charge in [-0.15, -0.1) is 13.2 Å². The van der Waals surface area contributed by atoms with Gasteiger partial charge in [-0.3, -0.25) is 9.59 Å². The van der Waals surface area contributed by atoms with E-state index in [0.29, 0.717) is 13.2 Å². The third-order valence-electron chi connectivity index (χ3n) is 4.42. The molecule has 0 aromatic rings. The quantitative estimate of drug-likeness (QED) is 0.108. The van der Waals surface area contributed by atoms with E-state index in [0.717, 1.165) is 51.4 Å². The van der Waals surface area contributed by atoms with Crippen molar-refractivity contribution in [2.24, 2.45) is 0 Å². The van der Waals surface area contributed by atoms with Crippen LogP contribution in [0.15, 0.2) is 25.3 Å². The minimum atomic E-state index is -0.479. The van der Waals surface area contributed by atoms with Crippen LogP contribution in [0.4, 0.5) is 0 Å². The number of hydrogen-bond acceptors (Lipinski definition) is 4. The van der Waals surface area contributed by atoms with Crippen molar-refractivity contribution in [3.05, 3.63) is 25.3 Å². The molecule has 0 aromatic heterocycles. The second-order valence-electron chi connectivity index (χ2n) is 7.02. The van der Waals surface area contributed by atoms with Gasteiger partial charge < -0.3 is 9.47 Å². The highest BCUT2D eigenvalue weighted by atomic mass is 16.6. The fraction of sp³-hybridized carbons (Fsp3) is 0.739. The van der Waals surface area contributed by atoms with Gasteiger partial charge in [0.05, 0.1) is 13.2 Å². The first-order valence-corrected chi connectivity index (χ1v) is 10.7. The monoisotopic (exact) mass is 380 g/mol. The van der Waals surface area contributed by atoms with Gasteiger partial charge in [-0.05, 0) is 38.5 Å². The average molecular weight is 381 g/mol. The Morgan fingerprint density at radius 2 is 0.889 bits per heavy atom. The molecule has 0 aromatic carbocycles. The molecule has 0 amide bonds. The predicted molar refractivity (Wildman–Crippen MR) is 112 cm³/mol. The summed E-state index contributed by atoms with van der Waals surface area (Å²) < 4.78 is 10.2. The summed E-state index contributed by atoms with van der Waals surface area (Å²) in [4.78, 5) is 23.2. The molecule has 0 spiro atoms. The Hall–Kier alpha value is -1.58. The second kappa shape index (κ2) is 20.7. The van der Waals surface area contributed by atoms with E-state index in [1.807, 2.05) is 12.2 Å². The van der Waals surface area contributed by atoms with E-state index in [1.54, 1.807) is 0 Å². The molecule has 0 saturated carbocycles. The van der Waals surface area contributed by atoms with E-state index in [1.165, 1.54) is 38.5 Å². The Balaban J connectivity index is 3.35. The lowest BCUT2D eigenvalue weighted by Gasteiger charge is -2.06. The summed E-state index contributed by atoms with van der Waals surface area (Å²) in [6.07, 6.45) is 19.2. The number of unbranched alkanes of at least 4 members (excludes halogenated alkanes) is 12. The van der Waals surface area contributed by atoms with E-state index in [-0.39, 0.29) is 6.42 Å². The molecular weight excluding hydrogens is 340 g/mol. The maximum Gasteiger partial charge on any atom is 0.317 e. The zero-order chi connectivity index (χ0) is 20.0. The van der Waals surface area contributed by atoms with Crippen molar-refractivity contribution in [3.63, 3.8) is 0 Å². The number of esters is 2. The van der Waals surface area contributed by atoms with Crippen LogP contribution in [0.1, 0.15) is 96.3 Å². The molecule has 156 valence electrons. The highest BCUT2D eigenvalue weighted by molar-refractivity contribution is 5.91. The van der Waals surface area contributed by atoms with Crippen LogP contribution in [0.2, 0.25) is 0 Å². The van der Waals surface area contributed by atoms with Crippen LogP contribution in [0, 0.1) is 0 Å². The van der Waals surface area contributed by atoms with E-state index < -0.39 is 11.9 Å². The Morgan fingerprint density at radius 1 is 0.556 bits per heavy atom. The minimum Gasteiger partial charge on any atom is -0.465 e. The largest absolute Gasteiger partial charge is 0.465 e. The van der Waals surface area contributed by atoms with Crippen LogP contribution in [0.5, 0.6) is 0 Å². The fourth-order valence-corrected chi connectivity index (χ4v) is 2.79. The maximum absolute atomic E-state index is 11.6. The molecule has 0 aliphatic heterocycles. The molecule has 4 nitrogen and oxygen atoms in total.